The molecule has 0 aromatic heterocycles. The molecule has 4 nitrogen and oxygen atoms in total. The molecule has 108 valence electrons. The molecule has 0 amide bonds. The molecule has 1 aromatic rings. The van der Waals surface area contributed by atoms with Gasteiger partial charge in [0.2, 0.25) is 0 Å². The first-order chi connectivity index (χ1) is 9.58. The number of likely N-dealkylation sites (N-methyl/N-ethyl adjacent to an activating group) is 1. The third kappa shape index (κ3) is 4.20. The Kier molecular flexibility index (Phi) is 5.41. The summed E-state index contributed by atoms with van der Waals surface area (Å²) in [6, 6.07) is 8.34. The zero-order valence-electron chi connectivity index (χ0n) is 12.1. The van der Waals surface area contributed by atoms with Crippen LogP contribution in [0.15, 0.2) is 22.7 Å². The zero-order valence-corrected chi connectivity index (χ0v) is 13.7. The average Bonchev–Trinajstić information content (AvgIpc) is 2.43. The highest BCUT2D eigenvalue weighted by Gasteiger charge is 2.16. The van der Waals surface area contributed by atoms with Crippen molar-refractivity contribution in [3.63, 3.8) is 0 Å². The van der Waals surface area contributed by atoms with Crippen LogP contribution in [0.1, 0.15) is 12.5 Å². The molecule has 0 saturated carbocycles. The summed E-state index contributed by atoms with van der Waals surface area (Å²) in [7, 11) is 2.17. The molecule has 0 aliphatic carbocycles. The number of hydrogen-bond acceptors (Lipinski definition) is 4. The Morgan fingerprint density at radius 1 is 1.35 bits per heavy atom. The minimum Gasteiger partial charge on any atom is -0.380 e. The largest absolute Gasteiger partial charge is 0.380 e. The van der Waals surface area contributed by atoms with Crippen LogP contribution in [0.2, 0.25) is 0 Å². The summed E-state index contributed by atoms with van der Waals surface area (Å²) in [5.74, 6) is 0. The van der Waals surface area contributed by atoms with Gasteiger partial charge in [0.15, 0.2) is 0 Å². The van der Waals surface area contributed by atoms with Gasteiger partial charge in [-0.2, -0.15) is 5.26 Å². The molecular formula is C15H21BrN4. The number of halogens is 1. The third-order valence-electron chi connectivity index (χ3n) is 3.63. The lowest BCUT2D eigenvalue weighted by Gasteiger charge is -2.34. The van der Waals surface area contributed by atoms with Crippen LogP contribution >= 0.6 is 15.9 Å². The van der Waals surface area contributed by atoms with Crippen molar-refractivity contribution >= 4 is 21.6 Å². The number of rotatable bonds is 4. The number of hydrogen-bond donors (Lipinski definition) is 1. The quantitative estimate of drug-likeness (QED) is 0.916. The first kappa shape index (κ1) is 15.3. The molecule has 1 fully saturated rings. The van der Waals surface area contributed by atoms with Gasteiger partial charge < -0.3 is 10.2 Å². The van der Waals surface area contributed by atoms with Gasteiger partial charge in [-0.25, -0.2) is 0 Å². The second-order valence-electron chi connectivity index (χ2n) is 5.45. The molecule has 1 saturated heterocycles. The van der Waals surface area contributed by atoms with Crippen molar-refractivity contribution in [2.24, 2.45) is 0 Å². The minimum absolute atomic E-state index is 0.326. The van der Waals surface area contributed by atoms with Crippen LogP contribution in [0.25, 0.3) is 0 Å². The van der Waals surface area contributed by atoms with Gasteiger partial charge in [-0.15, -0.1) is 0 Å². The lowest BCUT2D eigenvalue weighted by molar-refractivity contribution is 0.151. The summed E-state index contributed by atoms with van der Waals surface area (Å²) in [5.41, 5.74) is 1.60. The molecule has 1 heterocycles. The van der Waals surface area contributed by atoms with E-state index in [1.807, 2.05) is 18.2 Å². The van der Waals surface area contributed by atoms with Gasteiger partial charge in [-0.3, -0.25) is 4.90 Å². The van der Waals surface area contributed by atoms with E-state index in [2.05, 4.69) is 51.1 Å². The Labute approximate surface area is 129 Å². The van der Waals surface area contributed by atoms with Crippen LogP contribution in [-0.2, 0) is 0 Å². The Hall–Kier alpha value is -1.09. The number of nitriles is 1. The van der Waals surface area contributed by atoms with Crippen LogP contribution in [0.3, 0.4) is 0 Å². The van der Waals surface area contributed by atoms with Crippen molar-refractivity contribution in [2.75, 3.05) is 45.1 Å². The lowest BCUT2D eigenvalue weighted by atomic mass is 10.1. The molecule has 0 radical (unpaired) electrons. The van der Waals surface area contributed by atoms with E-state index in [1.54, 1.807) is 0 Å². The Morgan fingerprint density at radius 2 is 2.05 bits per heavy atom. The molecule has 2 rings (SSSR count). The number of nitrogens with zero attached hydrogens (tertiary/aromatic N) is 3. The fourth-order valence-corrected chi connectivity index (χ4v) is 2.82. The van der Waals surface area contributed by atoms with Gasteiger partial charge in [0.25, 0.3) is 0 Å². The van der Waals surface area contributed by atoms with Crippen molar-refractivity contribution in [1.29, 1.82) is 5.26 Å². The average molecular weight is 337 g/mol. The monoisotopic (exact) mass is 336 g/mol. The summed E-state index contributed by atoms with van der Waals surface area (Å²) >= 11 is 3.40. The highest BCUT2D eigenvalue weighted by Crippen LogP contribution is 2.21. The number of benzene rings is 1. The predicted octanol–water partition coefficient (Wildman–Crippen LogP) is 2.37. The van der Waals surface area contributed by atoms with Gasteiger partial charge in [-0.05, 0) is 32.2 Å². The third-order valence-corrected chi connectivity index (χ3v) is 4.13. The molecule has 0 bridgehead atoms. The van der Waals surface area contributed by atoms with Crippen molar-refractivity contribution in [1.82, 2.24) is 9.80 Å². The number of anilines is 1. The molecular weight excluding hydrogens is 316 g/mol. The van der Waals surface area contributed by atoms with Crippen LogP contribution < -0.4 is 5.32 Å². The summed E-state index contributed by atoms with van der Waals surface area (Å²) in [4.78, 5) is 4.83. The molecule has 1 N–H and O–H groups in total. The second-order valence-corrected chi connectivity index (χ2v) is 6.37. The zero-order chi connectivity index (χ0) is 14.5. The predicted molar refractivity (Wildman–Crippen MR) is 85.9 cm³/mol. The van der Waals surface area contributed by atoms with Crippen molar-refractivity contribution in [2.45, 2.75) is 13.0 Å². The van der Waals surface area contributed by atoms with E-state index < -0.39 is 0 Å². The van der Waals surface area contributed by atoms with Gasteiger partial charge in [0.1, 0.15) is 6.07 Å². The normalized spacial score (nSPS) is 18.5. The van der Waals surface area contributed by atoms with Gasteiger partial charge in [-0.1, -0.05) is 15.9 Å². The van der Waals surface area contributed by atoms with Gasteiger partial charge in [0.05, 0.1) is 11.3 Å². The Bertz CT molecular complexity index is 489. The van der Waals surface area contributed by atoms with Crippen molar-refractivity contribution in [3.05, 3.63) is 28.2 Å². The maximum atomic E-state index is 9.18. The van der Waals surface area contributed by atoms with E-state index in [4.69, 9.17) is 0 Å². The van der Waals surface area contributed by atoms with Gasteiger partial charge >= 0.3 is 0 Å². The van der Waals surface area contributed by atoms with E-state index in [0.717, 1.165) is 42.9 Å². The fourth-order valence-electron chi connectivity index (χ4n) is 2.46. The molecule has 1 aromatic carbocycles. The molecule has 5 heteroatoms. The molecule has 1 aliphatic rings. The highest BCUT2D eigenvalue weighted by atomic mass is 79.9. The molecule has 0 unspecified atom stereocenters. The van der Waals surface area contributed by atoms with E-state index >= 15 is 0 Å². The Balaban J connectivity index is 1.91. The SMILES string of the molecule is C[C@H](CN1CCN(C)CC1)Nc1ccc(Br)cc1C#N. The first-order valence-electron chi connectivity index (χ1n) is 6.95. The first-order valence-corrected chi connectivity index (χ1v) is 7.75. The summed E-state index contributed by atoms with van der Waals surface area (Å²) in [6.45, 7) is 7.68. The number of piperazine rings is 1. The minimum atomic E-state index is 0.326. The highest BCUT2D eigenvalue weighted by molar-refractivity contribution is 9.10. The molecule has 1 aliphatic heterocycles. The summed E-state index contributed by atoms with van der Waals surface area (Å²) < 4.78 is 0.936. The van der Waals surface area contributed by atoms with Crippen molar-refractivity contribution in [3.8, 4) is 6.07 Å². The van der Waals surface area contributed by atoms with Crippen LogP contribution in [-0.4, -0.2) is 55.6 Å². The standard InChI is InChI=1S/C15H21BrN4/c1-12(11-20-7-5-19(2)6-8-20)18-15-4-3-14(16)9-13(15)10-17/h3-4,9,12,18H,5-8,11H2,1-2H3/t12-/m1/s1. The summed E-state index contributed by atoms with van der Waals surface area (Å²) in [6.07, 6.45) is 0. The Morgan fingerprint density at radius 3 is 2.70 bits per heavy atom. The topological polar surface area (TPSA) is 42.3 Å². The van der Waals surface area contributed by atoms with Crippen molar-refractivity contribution < 1.29 is 0 Å². The van der Waals surface area contributed by atoms with Crippen LogP contribution in [0.4, 0.5) is 5.69 Å². The molecule has 1 atom stereocenters. The maximum absolute atomic E-state index is 9.18. The van der Waals surface area contributed by atoms with E-state index in [-0.39, 0.29) is 0 Å². The van der Waals surface area contributed by atoms with Gasteiger partial charge in [0, 0.05) is 43.2 Å². The number of nitrogens with one attached hydrogen (secondary N) is 1. The fraction of sp³-hybridized carbons (Fsp3) is 0.533. The maximum Gasteiger partial charge on any atom is 0.101 e. The van der Waals surface area contributed by atoms with E-state index in [0.29, 0.717) is 11.6 Å². The summed E-state index contributed by atoms with van der Waals surface area (Å²) in [5, 5.41) is 12.6. The molecule has 20 heavy (non-hydrogen) atoms. The van der Waals surface area contributed by atoms with Crippen LogP contribution in [0.5, 0.6) is 0 Å². The van der Waals surface area contributed by atoms with E-state index in [1.165, 1.54) is 0 Å². The van der Waals surface area contributed by atoms with Crippen LogP contribution in [0, 0.1) is 11.3 Å². The lowest BCUT2D eigenvalue weighted by Crippen LogP contribution is -2.47. The smallest absolute Gasteiger partial charge is 0.101 e. The second kappa shape index (κ2) is 7.07. The molecule has 0 spiro atoms. The van der Waals surface area contributed by atoms with E-state index in [9.17, 15) is 5.26 Å².